The van der Waals surface area contributed by atoms with Gasteiger partial charge in [0.15, 0.2) is 0 Å². The first-order valence-electron chi connectivity index (χ1n) is 8.16. The zero-order valence-corrected chi connectivity index (χ0v) is 12.5. The highest BCUT2D eigenvalue weighted by Crippen LogP contribution is 2.23. The number of hydrogen-bond donors (Lipinski definition) is 1. The van der Waals surface area contributed by atoms with Crippen molar-refractivity contribution in [3.8, 4) is 0 Å². The van der Waals surface area contributed by atoms with Gasteiger partial charge in [-0.15, -0.1) is 0 Å². The van der Waals surface area contributed by atoms with Gasteiger partial charge in [0.1, 0.15) is 0 Å². The molecule has 1 aromatic rings. The van der Waals surface area contributed by atoms with Crippen LogP contribution >= 0.6 is 0 Å². The first-order chi connectivity index (χ1) is 9.29. The van der Waals surface area contributed by atoms with Crippen LogP contribution in [-0.2, 0) is 19.3 Å². The molecule has 1 aliphatic rings. The molecule has 1 aromatic carbocycles. The summed E-state index contributed by atoms with van der Waals surface area (Å²) in [6, 6.07) is 7.37. The molecule has 0 amide bonds. The van der Waals surface area contributed by atoms with Gasteiger partial charge in [0.05, 0.1) is 0 Å². The lowest BCUT2D eigenvalue weighted by Gasteiger charge is -2.12. The van der Waals surface area contributed by atoms with Gasteiger partial charge in [0, 0.05) is 6.04 Å². The zero-order chi connectivity index (χ0) is 13.5. The fourth-order valence-corrected chi connectivity index (χ4v) is 3.17. The summed E-state index contributed by atoms with van der Waals surface area (Å²) in [4.78, 5) is 0. The molecule has 0 fully saturated rings. The van der Waals surface area contributed by atoms with E-state index in [1.807, 2.05) is 0 Å². The van der Waals surface area contributed by atoms with Crippen LogP contribution < -0.4 is 5.73 Å². The Kier molecular flexibility index (Phi) is 5.91. The molecule has 0 bridgehead atoms. The van der Waals surface area contributed by atoms with Crippen LogP contribution in [0.5, 0.6) is 0 Å². The third-order valence-corrected chi connectivity index (χ3v) is 4.34. The van der Waals surface area contributed by atoms with E-state index in [0.717, 1.165) is 6.42 Å². The van der Waals surface area contributed by atoms with Crippen molar-refractivity contribution in [1.82, 2.24) is 0 Å². The summed E-state index contributed by atoms with van der Waals surface area (Å²) in [6.45, 7) is 2.26. The second kappa shape index (κ2) is 7.69. The summed E-state index contributed by atoms with van der Waals surface area (Å²) < 4.78 is 0. The van der Waals surface area contributed by atoms with Crippen molar-refractivity contribution in [3.05, 3.63) is 34.9 Å². The topological polar surface area (TPSA) is 26.0 Å². The molecule has 0 heterocycles. The van der Waals surface area contributed by atoms with Gasteiger partial charge in [-0.05, 0) is 48.8 Å². The Balaban J connectivity index is 1.71. The van der Waals surface area contributed by atoms with Gasteiger partial charge < -0.3 is 5.73 Å². The van der Waals surface area contributed by atoms with Crippen LogP contribution in [0.3, 0.4) is 0 Å². The highest BCUT2D eigenvalue weighted by atomic mass is 14.6. The van der Waals surface area contributed by atoms with Crippen LogP contribution in [0.25, 0.3) is 0 Å². The van der Waals surface area contributed by atoms with Crippen LogP contribution in [0, 0.1) is 0 Å². The van der Waals surface area contributed by atoms with Crippen molar-refractivity contribution < 1.29 is 0 Å². The first kappa shape index (κ1) is 14.6. The van der Waals surface area contributed by atoms with Gasteiger partial charge in [0.2, 0.25) is 0 Å². The van der Waals surface area contributed by atoms with Crippen LogP contribution in [0.2, 0.25) is 0 Å². The van der Waals surface area contributed by atoms with Crippen molar-refractivity contribution >= 4 is 0 Å². The number of nitrogens with two attached hydrogens (primary N) is 1. The fraction of sp³-hybridized carbons (Fsp3) is 0.667. The smallest absolute Gasteiger partial charge is 0.00793 e. The summed E-state index contributed by atoms with van der Waals surface area (Å²) in [5.74, 6) is 0. The Labute approximate surface area is 118 Å². The molecule has 1 unspecified atom stereocenters. The number of rotatable bonds is 8. The molecule has 0 saturated heterocycles. The highest BCUT2D eigenvalue weighted by Gasteiger charge is 2.12. The van der Waals surface area contributed by atoms with Crippen molar-refractivity contribution in [2.24, 2.45) is 5.73 Å². The minimum Gasteiger partial charge on any atom is -0.327 e. The molecule has 0 spiro atoms. The van der Waals surface area contributed by atoms with Gasteiger partial charge in [-0.3, -0.25) is 0 Å². The van der Waals surface area contributed by atoms with Crippen molar-refractivity contribution in [3.63, 3.8) is 0 Å². The van der Waals surface area contributed by atoms with Gasteiger partial charge in [-0.1, -0.05) is 57.2 Å². The molecular weight excluding hydrogens is 230 g/mol. The average Bonchev–Trinajstić information content (AvgIpc) is 2.86. The number of benzene rings is 1. The van der Waals surface area contributed by atoms with E-state index in [1.165, 1.54) is 63.4 Å². The summed E-state index contributed by atoms with van der Waals surface area (Å²) >= 11 is 0. The lowest BCUT2D eigenvalue weighted by Crippen LogP contribution is -2.22. The predicted molar refractivity (Wildman–Crippen MR) is 83.5 cm³/mol. The fourth-order valence-electron chi connectivity index (χ4n) is 3.17. The lowest BCUT2D eigenvalue weighted by molar-refractivity contribution is 0.538. The first-order valence-corrected chi connectivity index (χ1v) is 8.16. The Morgan fingerprint density at radius 2 is 1.84 bits per heavy atom. The van der Waals surface area contributed by atoms with Gasteiger partial charge in [-0.25, -0.2) is 0 Å². The molecule has 2 N–H and O–H groups in total. The monoisotopic (exact) mass is 259 g/mol. The summed E-state index contributed by atoms with van der Waals surface area (Å²) in [7, 11) is 0. The maximum absolute atomic E-state index is 6.27. The molecular formula is C18H29N. The van der Waals surface area contributed by atoms with E-state index < -0.39 is 0 Å². The number of unbranched alkanes of at least 4 members (excludes halogenated alkanes) is 4. The molecule has 2 rings (SSSR count). The van der Waals surface area contributed by atoms with E-state index >= 15 is 0 Å². The van der Waals surface area contributed by atoms with Crippen molar-refractivity contribution in [2.45, 2.75) is 77.2 Å². The van der Waals surface area contributed by atoms with Crippen molar-refractivity contribution in [2.75, 3.05) is 0 Å². The standard InChI is InChI=1S/C18H29N/c1-2-3-4-5-6-10-18(19)14-15-11-12-16-8-7-9-17(16)13-15/h11-13,18H,2-10,14,19H2,1H3. The second-order valence-corrected chi connectivity index (χ2v) is 6.12. The van der Waals surface area contributed by atoms with E-state index in [0.29, 0.717) is 6.04 Å². The third kappa shape index (κ3) is 4.65. The number of fused-ring (bicyclic) bond motifs is 1. The van der Waals surface area contributed by atoms with Gasteiger partial charge in [0.25, 0.3) is 0 Å². The van der Waals surface area contributed by atoms with E-state index in [1.54, 1.807) is 11.1 Å². The van der Waals surface area contributed by atoms with E-state index in [2.05, 4.69) is 25.1 Å². The predicted octanol–water partition coefficient (Wildman–Crippen LogP) is 4.41. The largest absolute Gasteiger partial charge is 0.327 e. The SMILES string of the molecule is CCCCCCCC(N)Cc1ccc2c(c1)CCC2. The maximum atomic E-state index is 6.27. The molecule has 0 saturated carbocycles. The Morgan fingerprint density at radius 1 is 1.05 bits per heavy atom. The molecule has 1 atom stereocenters. The molecule has 0 aromatic heterocycles. The number of aryl methyl sites for hydroxylation is 2. The zero-order valence-electron chi connectivity index (χ0n) is 12.5. The molecule has 19 heavy (non-hydrogen) atoms. The van der Waals surface area contributed by atoms with Crippen LogP contribution in [-0.4, -0.2) is 6.04 Å². The van der Waals surface area contributed by atoms with Crippen LogP contribution in [0.1, 0.15) is 68.6 Å². The van der Waals surface area contributed by atoms with Crippen LogP contribution in [0.4, 0.5) is 0 Å². The number of hydrogen-bond acceptors (Lipinski definition) is 1. The van der Waals surface area contributed by atoms with E-state index in [9.17, 15) is 0 Å². The Hall–Kier alpha value is -0.820. The molecule has 1 heteroatoms. The second-order valence-electron chi connectivity index (χ2n) is 6.12. The van der Waals surface area contributed by atoms with E-state index in [4.69, 9.17) is 5.73 Å². The molecule has 1 aliphatic carbocycles. The third-order valence-electron chi connectivity index (χ3n) is 4.34. The van der Waals surface area contributed by atoms with Crippen LogP contribution in [0.15, 0.2) is 18.2 Å². The molecule has 0 radical (unpaired) electrons. The summed E-state index contributed by atoms with van der Waals surface area (Å²) in [6.07, 6.45) is 12.8. The van der Waals surface area contributed by atoms with Crippen molar-refractivity contribution in [1.29, 1.82) is 0 Å². The lowest BCUT2D eigenvalue weighted by atomic mass is 9.98. The summed E-state index contributed by atoms with van der Waals surface area (Å²) in [5, 5.41) is 0. The molecule has 106 valence electrons. The van der Waals surface area contributed by atoms with Gasteiger partial charge in [-0.2, -0.15) is 0 Å². The summed E-state index contributed by atoms with van der Waals surface area (Å²) in [5.41, 5.74) is 10.9. The molecule has 0 aliphatic heterocycles. The normalized spacial score (nSPS) is 15.5. The highest BCUT2D eigenvalue weighted by molar-refractivity contribution is 5.35. The Morgan fingerprint density at radius 3 is 2.68 bits per heavy atom. The average molecular weight is 259 g/mol. The minimum atomic E-state index is 0.348. The minimum absolute atomic E-state index is 0.348. The maximum Gasteiger partial charge on any atom is 0.00793 e. The quantitative estimate of drug-likeness (QED) is 0.688. The Bertz CT molecular complexity index is 383. The molecule has 1 nitrogen and oxygen atoms in total. The van der Waals surface area contributed by atoms with E-state index in [-0.39, 0.29) is 0 Å². The van der Waals surface area contributed by atoms with Gasteiger partial charge >= 0.3 is 0 Å².